The van der Waals surface area contributed by atoms with E-state index >= 15 is 0 Å². The van der Waals surface area contributed by atoms with Crippen LogP contribution >= 0.6 is 0 Å². The van der Waals surface area contributed by atoms with Crippen molar-refractivity contribution in [3.05, 3.63) is 35.9 Å². The van der Waals surface area contributed by atoms with Crippen LogP contribution in [0.1, 0.15) is 18.9 Å². The molecule has 1 aromatic carbocycles. The third-order valence-corrected chi connectivity index (χ3v) is 2.62. The first-order chi connectivity index (χ1) is 8.76. The van der Waals surface area contributed by atoms with Crippen LogP contribution in [0.3, 0.4) is 0 Å². The van der Waals surface area contributed by atoms with Crippen molar-refractivity contribution in [1.29, 1.82) is 0 Å². The molecule has 0 aliphatic carbocycles. The summed E-state index contributed by atoms with van der Waals surface area (Å²) in [5.41, 5.74) is 1.11. The molecule has 1 atom stereocenters. The third kappa shape index (κ3) is 5.80. The van der Waals surface area contributed by atoms with Crippen LogP contribution in [-0.2, 0) is 11.2 Å². The van der Waals surface area contributed by atoms with E-state index in [9.17, 15) is 9.90 Å². The summed E-state index contributed by atoms with van der Waals surface area (Å²) in [4.78, 5) is 11.6. The molecule has 1 aromatic rings. The fraction of sp³-hybridized carbons (Fsp3) is 0.500. The van der Waals surface area contributed by atoms with E-state index in [1.54, 1.807) is 0 Å². The van der Waals surface area contributed by atoms with Crippen LogP contribution in [0.25, 0.3) is 0 Å². The number of amides is 1. The molecule has 0 aliphatic heterocycles. The Bertz CT molecular complexity index is 341. The number of benzene rings is 1. The molecule has 18 heavy (non-hydrogen) atoms. The predicted octanol–water partition coefficient (Wildman–Crippen LogP) is 0.706. The van der Waals surface area contributed by atoms with Gasteiger partial charge in [0.15, 0.2) is 0 Å². The zero-order chi connectivity index (χ0) is 13.2. The van der Waals surface area contributed by atoms with Crippen molar-refractivity contribution in [2.45, 2.75) is 25.8 Å². The second-order valence-electron chi connectivity index (χ2n) is 4.31. The van der Waals surface area contributed by atoms with Gasteiger partial charge in [0.1, 0.15) is 0 Å². The molecule has 4 heteroatoms. The Labute approximate surface area is 108 Å². The number of carbonyl (C=O) groups is 1. The monoisotopic (exact) mass is 250 g/mol. The highest BCUT2D eigenvalue weighted by atomic mass is 16.3. The van der Waals surface area contributed by atoms with Crippen LogP contribution in [0.4, 0.5) is 0 Å². The minimum absolute atomic E-state index is 0.0472. The van der Waals surface area contributed by atoms with Gasteiger partial charge in [-0.25, -0.2) is 0 Å². The van der Waals surface area contributed by atoms with E-state index in [1.807, 2.05) is 30.3 Å². The second kappa shape index (κ2) is 8.66. The topological polar surface area (TPSA) is 61.4 Å². The SMILES string of the molecule is CCCNCC(=O)NC(CO)Cc1ccccc1. The average Bonchev–Trinajstić information content (AvgIpc) is 2.39. The van der Waals surface area contributed by atoms with Gasteiger partial charge in [-0.1, -0.05) is 37.3 Å². The minimum Gasteiger partial charge on any atom is -0.394 e. The van der Waals surface area contributed by atoms with Gasteiger partial charge < -0.3 is 15.7 Å². The van der Waals surface area contributed by atoms with Crippen molar-refractivity contribution in [2.75, 3.05) is 19.7 Å². The quantitative estimate of drug-likeness (QED) is 0.595. The molecule has 0 aromatic heterocycles. The van der Waals surface area contributed by atoms with Crippen LogP contribution in [0.5, 0.6) is 0 Å². The molecular weight excluding hydrogens is 228 g/mol. The Morgan fingerprint density at radius 1 is 1.33 bits per heavy atom. The molecular formula is C14H22N2O2. The maximum absolute atomic E-state index is 11.6. The van der Waals surface area contributed by atoms with E-state index in [0.717, 1.165) is 18.5 Å². The number of aliphatic hydroxyl groups excluding tert-OH is 1. The van der Waals surface area contributed by atoms with Crippen LogP contribution in [-0.4, -0.2) is 36.8 Å². The summed E-state index contributed by atoms with van der Waals surface area (Å²) in [7, 11) is 0. The van der Waals surface area contributed by atoms with Crippen molar-refractivity contribution >= 4 is 5.91 Å². The first-order valence-electron chi connectivity index (χ1n) is 6.41. The van der Waals surface area contributed by atoms with Gasteiger partial charge in [0.05, 0.1) is 19.2 Å². The van der Waals surface area contributed by atoms with Gasteiger partial charge in [-0.3, -0.25) is 4.79 Å². The first-order valence-corrected chi connectivity index (χ1v) is 6.41. The molecule has 0 fully saturated rings. The molecule has 1 unspecified atom stereocenters. The summed E-state index contributed by atoms with van der Waals surface area (Å²) in [6.45, 7) is 3.14. The summed E-state index contributed by atoms with van der Waals surface area (Å²) in [5, 5.41) is 15.1. The molecule has 0 aliphatic rings. The molecule has 3 N–H and O–H groups in total. The predicted molar refractivity (Wildman–Crippen MR) is 72.3 cm³/mol. The number of nitrogens with one attached hydrogen (secondary N) is 2. The maximum atomic E-state index is 11.6. The standard InChI is InChI=1S/C14H22N2O2/c1-2-8-15-10-14(18)16-13(11-17)9-12-6-4-3-5-7-12/h3-7,13,15,17H,2,8-11H2,1H3,(H,16,18). The van der Waals surface area contributed by atoms with Crippen molar-refractivity contribution in [3.63, 3.8) is 0 Å². The Morgan fingerprint density at radius 2 is 2.06 bits per heavy atom. The first kappa shape index (κ1) is 14.7. The van der Waals surface area contributed by atoms with Gasteiger partial charge in [-0.2, -0.15) is 0 Å². The lowest BCUT2D eigenvalue weighted by molar-refractivity contribution is -0.121. The Kier molecular flexibility index (Phi) is 7.06. The largest absolute Gasteiger partial charge is 0.394 e. The summed E-state index contributed by atoms with van der Waals surface area (Å²) in [6, 6.07) is 9.62. The van der Waals surface area contributed by atoms with Crippen molar-refractivity contribution in [1.82, 2.24) is 10.6 Å². The number of aliphatic hydroxyl groups is 1. The summed E-state index contributed by atoms with van der Waals surface area (Å²) in [5.74, 6) is -0.0709. The van der Waals surface area contributed by atoms with Crippen molar-refractivity contribution < 1.29 is 9.90 Å². The van der Waals surface area contributed by atoms with E-state index in [1.165, 1.54) is 0 Å². The Balaban J connectivity index is 2.35. The molecule has 0 bridgehead atoms. The summed E-state index contributed by atoms with van der Waals surface area (Å²) in [6.07, 6.45) is 1.65. The zero-order valence-electron chi connectivity index (χ0n) is 10.9. The highest BCUT2D eigenvalue weighted by molar-refractivity contribution is 5.78. The van der Waals surface area contributed by atoms with Crippen molar-refractivity contribution in [2.24, 2.45) is 0 Å². The Hall–Kier alpha value is -1.39. The molecule has 1 amide bonds. The lowest BCUT2D eigenvalue weighted by Crippen LogP contribution is -2.43. The normalized spacial score (nSPS) is 12.1. The molecule has 100 valence electrons. The smallest absolute Gasteiger partial charge is 0.234 e. The second-order valence-corrected chi connectivity index (χ2v) is 4.31. The molecule has 0 saturated carbocycles. The van der Waals surface area contributed by atoms with Gasteiger partial charge in [0.25, 0.3) is 0 Å². The highest BCUT2D eigenvalue weighted by Gasteiger charge is 2.11. The molecule has 0 spiro atoms. The van der Waals surface area contributed by atoms with Crippen LogP contribution in [0, 0.1) is 0 Å². The Morgan fingerprint density at radius 3 is 2.67 bits per heavy atom. The zero-order valence-corrected chi connectivity index (χ0v) is 10.9. The van der Waals surface area contributed by atoms with Crippen LogP contribution in [0.2, 0.25) is 0 Å². The number of rotatable bonds is 8. The van der Waals surface area contributed by atoms with E-state index in [-0.39, 0.29) is 18.6 Å². The minimum atomic E-state index is -0.219. The van der Waals surface area contributed by atoms with Crippen LogP contribution in [0.15, 0.2) is 30.3 Å². The van der Waals surface area contributed by atoms with Gasteiger partial charge >= 0.3 is 0 Å². The van der Waals surface area contributed by atoms with E-state index in [2.05, 4.69) is 17.6 Å². The summed E-state index contributed by atoms with van der Waals surface area (Å²) >= 11 is 0. The average molecular weight is 250 g/mol. The maximum Gasteiger partial charge on any atom is 0.234 e. The van der Waals surface area contributed by atoms with Gasteiger partial charge in [-0.05, 0) is 24.9 Å². The fourth-order valence-electron chi connectivity index (χ4n) is 1.72. The molecule has 0 heterocycles. The van der Waals surface area contributed by atoms with Crippen molar-refractivity contribution in [3.8, 4) is 0 Å². The molecule has 0 saturated heterocycles. The highest BCUT2D eigenvalue weighted by Crippen LogP contribution is 2.02. The number of carbonyl (C=O) groups excluding carboxylic acids is 1. The molecule has 0 radical (unpaired) electrons. The lowest BCUT2D eigenvalue weighted by atomic mass is 10.1. The molecule has 1 rings (SSSR count). The number of hydrogen-bond acceptors (Lipinski definition) is 3. The van der Waals surface area contributed by atoms with E-state index < -0.39 is 0 Å². The third-order valence-electron chi connectivity index (χ3n) is 2.62. The van der Waals surface area contributed by atoms with Gasteiger partial charge in [0.2, 0.25) is 5.91 Å². The van der Waals surface area contributed by atoms with Crippen LogP contribution < -0.4 is 10.6 Å². The fourth-order valence-corrected chi connectivity index (χ4v) is 1.72. The number of hydrogen-bond donors (Lipinski definition) is 3. The van der Waals surface area contributed by atoms with Gasteiger partial charge in [0, 0.05) is 0 Å². The summed E-state index contributed by atoms with van der Waals surface area (Å²) < 4.78 is 0. The van der Waals surface area contributed by atoms with E-state index in [4.69, 9.17) is 0 Å². The van der Waals surface area contributed by atoms with E-state index in [0.29, 0.717) is 13.0 Å². The molecule has 4 nitrogen and oxygen atoms in total. The lowest BCUT2D eigenvalue weighted by Gasteiger charge is -2.16. The van der Waals surface area contributed by atoms with Gasteiger partial charge in [-0.15, -0.1) is 0 Å².